The van der Waals surface area contributed by atoms with E-state index in [0.29, 0.717) is 0 Å². The first kappa shape index (κ1) is 14.2. The third-order valence-corrected chi connectivity index (χ3v) is 4.02. The Morgan fingerprint density at radius 2 is 1.58 bits per heavy atom. The first-order valence-electron chi connectivity index (χ1n) is 6.47. The molecule has 2 aromatic rings. The molecule has 0 saturated heterocycles. The molecule has 0 aliphatic carbocycles. The van der Waals surface area contributed by atoms with Crippen molar-refractivity contribution in [3.05, 3.63) is 40.9 Å². The van der Waals surface area contributed by atoms with Gasteiger partial charge in [0.05, 0.1) is 5.69 Å². The summed E-state index contributed by atoms with van der Waals surface area (Å²) in [5.41, 5.74) is 2.44. The quantitative estimate of drug-likeness (QED) is 0.884. The Kier molecular flexibility index (Phi) is 3.54. The van der Waals surface area contributed by atoms with Gasteiger partial charge in [-0.1, -0.05) is 45.0 Å². The molecule has 1 aromatic heterocycles. The zero-order valence-electron chi connectivity index (χ0n) is 12.2. The van der Waals surface area contributed by atoms with Gasteiger partial charge >= 0.3 is 0 Å². The fraction of sp³-hybridized carbons (Fsp3) is 0.438. The van der Waals surface area contributed by atoms with E-state index >= 15 is 0 Å². The predicted molar refractivity (Wildman–Crippen MR) is 81.5 cm³/mol. The number of aromatic nitrogens is 1. The molecule has 0 radical (unpaired) electrons. The van der Waals surface area contributed by atoms with Crippen LogP contribution in [0.15, 0.2) is 29.6 Å². The highest BCUT2D eigenvalue weighted by molar-refractivity contribution is 7.13. The van der Waals surface area contributed by atoms with Gasteiger partial charge in [-0.3, -0.25) is 0 Å². The van der Waals surface area contributed by atoms with Gasteiger partial charge in [-0.2, -0.15) is 0 Å². The van der Waals surface area contributed by atoms with Gasteiger partial charge in [0.1, 0.15) is 10.6 Å². The van der Waals surface area contributed by atoms with Gasteiger partial charge in [-0.05, 0) is 24.8 Å². The molecule has 1 N–H and O–H groups in total. The Balaban J connectivity index is 2.31. The summed E-state index contributed by atoms with van der Waals surface area (Å²) in [7, 11) is 0. The number of benzene rings is 1. The molecule has 0 bridgehead atoms. The van der Waals surface area contributed by atoms with Gasteiger partial charge in [0.2, 0.25) is 0 Å². The summed E-state index contributed by atoms with van der Waals surface area (Å²) < 4.78 is 0. The lowest BCUT2D eigenvalue weighted by Gasteiger charge is -2.18. The van der Waals surface area contributed by atoms with E-state index in [-0.39, 0.29) is 5.41 Å². The monoisotopic (exact) mass is 275 g/mol. The fourth-order valence-electron chi connectivity index (χ4n) is 1.80. The van der Waals surface area contributed by atoms with Crippen LogP contribution in [0.3, 0.4) is 0 Å². The SMILES string of the molecule is CC(C)(C)c1ccc(-c2nc(C(C)(C)O)cs2)cc1. The zero-order valence-corrected chi connectivity index (χ0v) is 13.0. The Bertz CT molecular complexity index is 556. The predicted octanol–water partition coefficient (Wildman–Crippen LogP) is 4.34. The van der Waals surface area contributed by atoms with Crippen LogP contribution in [-0.2, 0) is 11.0 Å². The van der Waals surface area contributed by atoms with Gasteiger partial charge in [-0.15, -0.1) is 11.3 Å². The summed E-state index contributed by atoms with van der Waals surface area (Å²) >= 11 is 1.57. The van der Waals surface area contributed by atoms with E-state index in [9.17, 15) is 5.11 Å². The van der Waals surface area contributed by atoms with Crippen molar-refractivity contribution >= 4 is 11.3 Å². The molecule has 1 aromatic carbocycles. The van der Waals surface area contributed by atoms with Gasteiger partial charge < -0.3 is 5.11 Å². The van der Waals surface area contributed by atoms with Crippen molar-refractivity contribution < 1.29 is 5.11 Å². The summed E-state index contributed by atoms with van der Waals surface area (Å²) in [5.74, 6) is 0. The molecule has 1 heterocycles. The summed E-state index contributed by atoms with van der Waals surface area (Å²) in [6.07, 6.45) is 0. The maximum Gasteiger partial charge on any atom is 0.123 e. The third kappa shape index (κ3) is 3.23. The van der Waals surface area contributed by atoms with Crippen molar-refractivity contribution in [1.29, 1.82) is 0 Å². The average Bonchev–Trinajstić information content (AvgIpc) is 2.77. The lowest BCUT2D eigenvalue weighted by Crippen LogP contribution is -2.15. The van der Waals surface area contributed by atoms with Crippen molar-refractivity contribution in [3.8, 4) is 10.6 Å². The van der Waals surface area contributed by atoms with Crippen molar-refractivity contribution in [2.24, 2.45) is 0 Å². The maximum absolute atomic E-state index is 9.94. The first-order valence-corrected chi connectivity index (χ1v) is 7.35. The minimum absolute atomic E-state index is 0.166. The second-order valence-electron chi connectivity index (χ2n) is 6.42. The number of hydrogen-bond acceptors (Lipinski definition) is 3. The van der Waals surface area contributed by atoms with Gasteiger partial charge in [0.25, 0.3) is 0 Å². The molecular formula is C16H21NOS. The largest absolute Gasteiger partial charge is 0.384 e. The molecule has 102 valence electrons. The van der Waals surface area contributed by atoms with Crippen LogP contribution in [0.25, 0.3) is 10.6 Å². The van der Waals surface area contributed by atoms with Crippen LogP contribution in [0.4, 0.5) is 0 Å². The number of nitrogens with zero attached hydrogens (tertiary/aromatic N) is 1. The second-order valence-corrected chi connectivity index (χ2v) is 7.28. The van der Waals surface area contributed by atoms with E-state index in [4.69, 9.17) is 0 Å². The summed E-state index contributed by atoms with van der Waals surface area (Å²) in [6.45, 7) is 10.1. The van der Waals surface area contributed by atoms with Crippen LogP contribution in [-0.4, -0.2) is 10.1 Å². The highest BCUT2D eigenvalue weighted by Gasteiger charge is 2.20. The molecule has 0 unspecified atom stereocenters. The number of thiazole rings is 1. The van der Waals surface area contributed by atoms with E-state index in [1.807, 2.05) is 5.38 Å². The van der Waals surface area contributed by atoms with Crippen molar-refractivity contribution in [2.45, 2.75) is 45.6 Å². The summed E-state index contributed by atoms with van der Waals surface area (Å²) in [5, 5.41) is 12.8. The zero-order chi connectivity index (χ0) is 14.3. The Labute approximate surface area is 119 Å². The molecule has 0 aliphatic rings. The topological polar surface area (TPSA) is 33.1 Å². The molecule has 3 heteroatoms. The van der Waals surface area contributed by atoms with E-state index in [2.05, 4.69) is 50.0 Å². The molecule has 0 aliphatic heterocycles. The molecule has 19 heavy (non-hydrogen) atoms. The van der Waals surface area contributed by atoms with Gasteiger partial charge in [-0.25, -0.2) is 4.98 Å². The average molecular weight is 275 g/mol. The van der Waals surface area contributed by atoms with E-state index in [1.165, 1.54) is 5.56 Å². The third-order valence-electron chi connectivity index (χ3n) is 3.13. The number of hydrogen-bond donors (Lipinski definition) is 1. The van der Waals surface area contributed by atoms with E-state index in [1.54, 1.807) is 25.2 Å². The minimum atomic E-state index is -0.875. The van der Waals surface area contributed by atoms with E-state index < -0.39 is 5.60 Å². The van der Waals surface area contributed by atoms with Crippen molar-refractivity contribution in [2.75, 3.05) is 0 Å². The van der Waals surface area contributed by atoms with Crippen LogP contribution in [0.5, 0.6) is 0 Å². The maximum atomic E-state index is 9.94. The van der Waals surface area contributed by atoms with Crippen LogP contribution in [0.1, 0.15) is 45.9 Å². The lowest BCUT2D eigenvalue weighted by atomic mass is 9.87. The Morgan fingerprint density at radius 3 is 2.00 bits per heavy atom. The standard InChI is InChI=1S/C16H21NOS/c1-15(2,3)12-8-6-11(7-9-12)14-17-13(10-19-14)16(4,5)18/h6-10,18H,1-5H3. The molecule has 0 spiro atoms. The van der Waals surface area contributed by atoms with Gasteiger partial charge in [0.15, 0.2) is 0 Å². The normalized spacial score (nSPS) is 12.7. The fourth-order valence-corrected chi connectivity index (χ4v) is 2.79. The van der Waals surface area contributed by atoms with Crippen LogP contribution in [0.2, 0.25) is 0 Å². The number of aliphatic hydroxyl groups is 1. The van der Waals surface area contributed by atoms with E-state index in [0.717, 1.165) is 16.3 Å². The second kappa shape index (κ2) is 4.73. The molecule has 0 saturated carbocycles. The lowest BCUT2D eigenvalue weighted by molar-refractivity contribution is 0.0746. The number of rotatable bonds is 2. The smallest absolute Gasteiger partial charge is 0.123 e. The minimum Gasteiger partial charge on any atom is -0.384 e. The first-order chi connectivity index (χ1) is 8.68. The van der Waals surface area contributed by atoms with Crippen molar-refractivity contribution in [3.63, 3.8) is 0 Å². The molecule has 0 amide bonds. The summed E-state index contributed by atoms with van der Waals surface area (Å²) in [4.78, 5) is 4.51. The Morgan fingerprint density at radius 1 is 1.00 bits per heavy atom. The molecule has 0 fully saturated rings. The molecule has 2 rings (SSSR count). The van der Waals surface area contributed by atoms with Crippen LogP contribution < -0.4 is 0 Å². The molecule has 2 nitrogen and oxygen atoms in total. The van der Waals surface area contributed by atoms with Crippen molar-refractivity contribution in [1.82, 2.24) is 4.98 Å². The van der Waals surface area contributed by atoms with Gasteiger partial charge in [0, 0.05) is 10.9 Å². The molecule has 0 atom stereocenters. The Hall–Kier alpha value is -1.19. The highest BCUT2D eigenvalue weighted by Crippen LogP contribution is 2.30. The summed E-state index contributed by atoms with van der Waals surface area (Å²) in [6, 6.07) is 8.52. The van der Waals surface area contributed by atoms with Crippen LogP contribution >= 0.6 is 11.3 Å². The highest BCUT2D eigenvalue weighted by atomic mass is 32.1. The molecular weight excluding hydrogens is 254 g/mol. The van der Waals surface area contributed by atoms with Crippen LogP contribution in [0, 0.1) is 0 Å².